The standard InChI is InChI=1S/C18H17FN2O4/c19-13-3-6-15(7-4-13)25-16-8-5-14(10-20-16)21-17(22)11-1-2-12(9-11)18(23)24/h3-8,10-12H,1-2,9H2,(H,21,22)(H,23,24)/t11-,12+/m0/s1. The van der Waals surface area contributed by atoms with Crippen molar-refractivity contribution in [2.24, 2.45) is 11.8 Å². The van der Waals surface area contributed by atoms with Crippen LogP contribution >= 0.6 is 0 Å². The Morgan fingerprint density at radius 2 is 1.84 bits per heavy atom. The molecule has 0 bridgehead atoms. The summed E-state index contributed by atoms with van der Waals surface area (Å²) in [5.74, 6) is -1.36. The summed E-state index contributed by atoms with van der Waals surface area (Å²) < 4.78 is 18.3. The van der Waals surface area contributed by atoms with Gasteiger partial charge in [0.15, 0.2) is 0 Å². The van der Waals surface area contributed by atoms with Crippen LogP contribution in [0.1, 0.15) is 19.3 Å². The van der Waals surface area contributed by atoms with Gasteiger partial charge in [0.1, 0.15) is 11.6 Å². The van der Waals surface area contributed by atoms with E-state index in [-0.39, 0.29) is 17.6 Å². The highest BCUT2D eigenvalue weighted by Gasteiger charge is 2.33. The van der Waals surface area contributed by atoms with Crippen molar-refractivity contribution in [1.29, 1.82) is 0 Å². The Balaban J connectivity index is 1.56. The molecule has 1 amide bonds. The number of pyridine rings is 1. The van der Waals surface area contributed by atoms with Crippen molar-refractivity contribution in [3.8, 4) is 11.6 Å². The van der Waals surface area contributed by atoms with E-state index < -0.39 is 11.9 Å². The molecule has 1 aliphatic rings. The number of aliphatic carboxylic acids is 1. The predicted molar refractivity (Wildman–Crippen MR) is 87.8 cm³/mol. The molecule has 2 N–H and O–H groups in total. The van der Waals surface area contributed by atoms with Crippen LogP contribution in [0.3, 0.4) is 0 Å². The molecule has 0 saturated heterocycles. The number of rotatable bonds is 5. The lowest BCUT2D eigenvalue weighted by Crippen LogP contribution is -2.21. The van der Waals surface area contributed by atoms with Crippen molar-refractivity contribution >= 4 is 17.6 Å². The minimum atomic E-state index is -0.848. The van der Waals surface area contributed by atoms with Gasteiger partial charge in [-0.15, -0.1) is 0 Å². The zero-order valence-electron chi connectivity index (χ0n) is 13.3. The molecule has 0 spiro atoms. The molecule has 1 aromatic heterocycles. The van der Waals surface area contributed by atoms with E-state index in [0.717, 1.165) is 0 Å². The first-order valence-corrected chi connectivity index (χ1v) is 7.94. The lowest BCUT2D eigenvalue weighted by Gasteiger charge is -2.11. The number of nitrogens with one attached hydrogen (secondary N) is 1. The van der Waals surface area contributed by atoms with Gasteiger partial charge in [-0.25, -0.2) is 9.37 Å². The molecule has 1 aromatic carbocycles. The summed E-state index contributed by atoms with van der Waals surface area (Å²) in [7, 11) is 0. The molecule has 1 fully saturated rings. The van der Waals surface area contributed by atoms with Gasteiger partial charge in [-0.2, -0.15) is 0 Å². The van der Waals surface area contributed by atoms with Crippen molar-refractivity contribution in [2.75, 3.05) is 5.32 Å². The van der Waals surface area contributed by atoms with E-state index >= 15 is 0 Å². The van der Waals surface area contributed by atoms with Crippen molar-refractivity contribution in [2.45, 2.75) is 19.3 Å². The summed E-state index contributed by atoms with van der Waals surface area (Å²) in [4.78, 5) is 27.2. The van der Waals surface area contributed by atoms with Crippen LogP contribution in [0.4, 0.5) is 10.1 Å². The number of carboxylic acid groups (broad SMARTS) is 1. The van der Waals surface area contributed by atoms with Crippen LogP contribution < -0.4 is 10.1 Å². The molecule has 0 aliphatic heterocycles. The fourth-order valence-electron chi connectivity index (χ4n) is 2.83. The highest BCUT2D eigenvalue weighted by molar-refractivity contribution is 5.93. The van der Waals surface area contributed by atoms with E-state index in [1.165, 1.54) is 30.5 Å². The second-order valence-corrected chi connectivity index (χ2v) is 5.98. The van der Waals surface area contributed by atoms with Crippen LogP contribution in [0.2, 0.25) is 0 Å². The summed E-state index contributed by atoms with van der Waals surface area (Å²) in [5, 5.41) is 11.7. The number of carbonyl (C=O) groups is 2. The summed E-state index contributed by atoms with van der Waals surface area (Å²) in [5.41, 5.74) is 0.509. The van der Waals surface area contributed by atoms with Crippen molar-refractivity contribution in [1.82, 2.24) is 4.98 Å². The topological polar surface area (TPSA) is 88.5 Å². The maximum atomic E-state index is 12.9. The monoisotopic (exact) mass is 344 g/mol. The van der Waals surface area contributed by atoms with Crippen LogP contribution in [0, 0.1) is 17.7 Å². The molecule has 6 nitrogen and oxygen atoms in total. The molecule has 3 rings (SSSR count). The number of amides is 1. The molecule has 0 unspecified atom stereocenters. The molecule has 0 radical (unpaired) electrons. The first kappa shape index (κ1) is 16.9. The maximum absolute atomic E-state index is 12.9. The molecular formula is C18H17FN2O4. The average molecular weight is 344 g/mol. The van der Waals surface area contributed by atoms with E-state index in [1.807, 2.05) is 0 Å². The smallest absolute Gasteiger partial charge is 0.306 e. The Hall–Kier alpha value is -2.96. The van der Waals surface area contributed by atoms with Crippen LogP contribution in [-0.4, -0.2) is 22.0 Å². The van der Waals surface area contributed by atoms with E-state index in [4.69, 9.17) is 9.84 Å². The summed E-state index contributed by atoms with van der Waals surface area (Å²) in [6.07, 6.45) is 2.92. The third kappa shape index (κ3) is 4.32. The third-order valence-corrected chi connectivity index (χ3v) is 4.19. The lowest BCUT2D eigenvalue weighted by molar-refractivity contribution is -0.141. The number of aromatic nitrogens is 1. The van der Waals surface area contributed by atoms with Gasteiger partial charge in [0.25, 0.3) is 0 Å². The second kappa shape index (κ2) is 7.29. The second-order valence-electron chi connectivity index (χ2n) is 5.98. The Morgan fingerprint density at radius 3 is 2.44 bits per heavy atom. The third-order valence-electron chi connectivity index (χ3n) is 4.19. The van der Waals surface area contributed by atoms with Gasteiger partial charge >= 0.3 is 5.97 Å². The molecule has 1 heterocycles. The van der Waals surface area contributed by atoms with Gasteiger partial charge in [0.2, 0.25) is 11.8 Å². The fourth-order valence-corrected chi connectivity index (χ4v) is 2.83. The van der Waals surface area contributed by atoms with Crippen molar-refractivity contribution < 1.29 is 23.8 Å². The summed E-state index contributed by atoms with van der Waals surface area (Å²) in [6, 6.07) is 8.80. The Labute approximate surface area is 143 Å². The molecule has 1 saturated carbocycles. The number of carboxylic acids is 1. The number of anilines is 1. The van der Waals surface area contributed by atoms with E-state index in [2.05, 4.69) is 10.3 Å². The van der Waals surface area contributed by atoms with Crippen LogP contribution in [0.5, 0.6) is 11.6 Å². The van der Waals surface area contributed by atoms with E-state index in [0.29, 0.717) is 36.6 Å². The minimum absolute atomic E-state index is 0.197. The average Bonchev–Trinajstić information content (AvgIpc) is 3.09. The van der Waals surface area contributed by atoms with Gasteiger partial charge in [-0.3, -0.25) is 9.59 Å². The fraction of sp³-hybridized carbons (Fsp3) is 0.278. The largest absolute Gasteiger partial charge is 0.481 e. The Kier molecular flexibility index (Phi) is 4.92. The minimum Gasteiger partial charge on any atom is -0.481 e. The molecule has 1 aliphatic carbocycles. The zero-order chi connectivity index (χ0) is 17.8. The number of halogens is 1. The maximum Gasteiger partial charge on any atom is 0.306 e. The predicted octanol–water partition coefficient (Wildman–Crippen LogP) is 3.45. The Bertz CT molecular complexity index is 762. The molecule has 7 heteroatoms. The number of ether oxygens (including phenoxy) is 1. The van der Waals surface area contributed by atoms with Gasteiger partial charge < -0.3 is 15.2 Å². The first-order valence-electron chi connectivity index (χ1n) is 7.94. The van der Waals surface area contributed by atoms with Gasteiger partial charge in [-0.1, -0.05) is 0 Å². The van der Waals surface area contributed by atoms with Crippen LogP contribution in [-0.2, 0) is 9.59 Å². The molecular weight excluding hydrogens is 327 g/mol. The van der Waals surface area contributed by atoms with Crippen LogP contribution in [0.25, 0.3) is 0 Å². The first-order chi connectivity index (χ1) is 12.0. The molecule has 2 atom stereocenters. The van der Waals surface area contributed by atoms with Gasteiger partial charge in [0.05, 0.1) is 17.8 Å². The normalized spacial score (nSPS) is 19.4. The summed E-state index contributed by atoms with van der Waals surface area (Å²) >= 11 is 0. The van der Waals surface area contributed by atoms with E-state index in [9.17, 15) is 14.0 Å². The number of hydrogen-bond acceptors (Lipinski definition) is 4. The number of carbonyl (C=O) groups excluding carboxylic acids is 1. The van der Waals surface area contributed by atoms with Gasteiger partial charge in [0, 0.05) is 12.0 Å². The van der Waals surface area contributed by atoms with Crippen molar-refractivity contribution in [3.05, 3.63) is 48.4 Å². The number of nitrogens with zero attached hydrogens (tertiary/aromatic N) is 1. The lowest BCUT2D eigenvalue weighted by atomic mass is 10.0. The van der Waals surface area contributed by atoms with Crippen LogP contribution in [0.15, 0.2) is 42.6 Å². The highest BCUT2D eigenvalue weighted by atomic mass is 19.1. The highest BCUT2D eigenvalue weighted by Crippen LogP contribution is 2.32. The Morgan fingerprint density at radius 1 is 1.12 bits per heavy atom. The molecule has 130 valence electrons. The van der Waals surface area contributed by atoms with E-state index in [1.54, 1.807) is 12.1 Å². The zero-order valence-corrected chi connectivity index (χ0v) is 13.3. The van der Waals surface area contributed by atoms with Crippen molar-refractivity contribution in [3.63, 3.8) is 0 Å². The van der Waals surface area contributed by atoms with Gasteiger partial charge in [-0.05, 0) is 49.6 Å². The quantitative estimate of drug-likeness (QED) is 0.867. The number of hydrogen-bond donors (Lipinski definition) is 2. The SMILES string of the molecule is O=C(O)[C@@H]1CC[C@H](C(=O)Nc2ccc(Oc3ccc(F)cc3)nc2)C1. The number of benzene rings is 1. The molecule has 25 heavy (non-hydrogen) atoms. The molecule has 2 aromatic rings. The summed E-state index contributed by atoms with van der Waals surface area (Å²) in [6.45, 7) is 0.